The number of aryl methyl sites for hydroxylation is 1. The van der Waals surface area contributed by atoms with Gasteiger partial charge in [-0.05, 0) is 72.0 Å². The molecular weight excluding hydrogens is 484 g/mol. The largest absolute Gasteiger partial charge is 0.493 e. The number of ether oxygens (including phenoxy) is 4. The van der Waals surface area contributed by atoms with Crippen molar-refractivity contribution >= 4 is 15.7 Å². The highest BCUT2D eigenvalue weighted by Crippen LogP contribution is 2.50. The summed E-state index contributed by atoms with van der Waals surface area (Å²) in [6.07, 6.45) is 0.850. The Morgan fingerprint density at radius 1 is 0.861 bits per heavy atom. The summed E-state index contributed by atoms with van der Waals surface area (Å²) in [5, 5.41) is 0. The Hall–Kier alpha value is -3.76. The van der Waals surface area contributed by atoms with Crippen LogP contribution in [0.2, 0.25) is 0 Å². The van der Waals surface area contributed by atoms with Crippen molar-refractivity contribution in [1.82, 2.24) is 4.72 Å². The van der Waals surface area contributed by atoms with Crippen LogP contribution in [0.15, 0.2) is 58.2 Å². The van der Waals surface area contributed by atoms with E-state index in [1.54, 1.807) is 12.1 Å². The molecule has 3 N–H and O–H groups in total. The Balaban J connectivity index is 1.97. The van der Waals surface area contributed by atoms with E-state index in [9.17, 15) is 13.2 Å². The molecule has 0 bridgehead atoms. The summed E-state index contributed by atoms with van der Waals surface area (Å²) in [5.74, 6) is 1.43. The smallest absolute Gasteiger partial charge is 0.241 e. The van der Waals surface area contributed by atoms with Gasteiger partial charge in [0.15, 0.2) is 17.2 Å². The van der Waals surface area contributed by atoms with Gasteiger partial charge in [0.05, 0.1) is 33.3 Å². The molecule has 0 fully saturated rings. The number of hydrogen-bond donors (Lipinski definition) is 2. The second kappa shape index (κ2) is 10.1. The lowest BCUT2D eigenvalue weighted by Crippen LogP contribution is -2.29. The van der Waals surface area contributed by atoms with E-state index >= 15 is 0 Å². The summed E-state index contributed by atoms with van der Waals surface area (Å²) in [4.78, 5) is 13.0. The third-order valence-corrected chi connectivity index (χ3v) is 7.70. The minimum Gasteiger partial charge on any atom is -0.493 e. The predicted octanol–water partition coefficient (Wildman–Crippen LogP) is 3.30. The van der Waals surface area contributed by atoms with Crippen molar-refractivity contribution < 1.29 is 27.4 Å². The van der Waals surface area contributed by atoms with Crippen LogP contribution in [0.1, 0.15) is 23.6 Å². The maximum Gasteiger partial charge on any atom is 0.241 e. The second-order valence-corrected chi connectivity index (χ2v) is 9.95. The summed E-state index contributed by atoms with van der Waals surface area (Å²) in [5.41, 5.74) is 8.46. The van der Waals surface area contributed by atoms with E-state index in [-0.39, 0.29) is 16.1 Å². The maximum absolute atomic E-state index is 13.3. The molecule has 1 atom stereocenters. The molecule has 4 rings (SSSR count). The molecule has 0 radical (unpaired) electrons. The Kier molecular flexibility index (Phi) is 7.09. The van der Waals surface area contributed by atoms with Crippen molar-refractivity contribution in [3.63, 3.8) is 0 Å². The van der Waals surface area contributed by atoms with E-state index in [2.05, 4.69) is 4.72 Å². The monoisotopic (exact) mass is 512 g/mol. The Labute approximate surface area is 209 Å². The fraction of sp³-hybridized carbons (Fsp3) is 0.269. The molecule has 0 amide bonds. The van der Waals surface area contributed by atoms with Crippen LogP contribution in [-0.4, -0.2) is 36.9 Å². The molecule has 1 aliphatic rings. The van der Waals surface area contributed by atoms with Gasteiger partial charge in [-0.3, -0.25) is 4.79 Å². The van der Waals surface area contributed by atoms with Crippen LogP contribution in [0.4, 0.5) is 5.69 Å². The van der Waals surface area contributed by atoms with Crippen molar-refractivity contribution in [3.05, 3.63) is 69.9 Å². The number of benzene rings is 2. The van der Waals surface area contributed by atoms with Gasteiger partial charge < -0.3 is 24.7 Å². The molecule has 0 unspecified atom stereocenters. The standard InChI is InChI=1S/C26H28N2O7S/c1-32-22-12-10-18-19(14-21(22)29)20(28-36(30,31)17-8-6-16(27)7-9-17)11-5-15-13-23(33-2)25(34-3)26(35-4)24(15)18/h6-10,12-14,20,28H,5,11,27H2,1-4H3/t20-/m0/s1. The van der Waals surface area contributed by atoms with Crippen LogP contribution in [0, 0.1) is 0 Å². The predicted molar refractivity (Wildman–Crippen MR) is 137 cm³/mol. The zero-order valence-corrected chi connectivity index (χ0v) is 21.3. The zero-order chi connectivity index (χ0) is 26.0. The number of nitrogens with two attached hydrogens (primary N) is 1. The molecule has 0 saturated carbocycles. The lowest BCUT2D eigenvalue weighted by atomic mass is 9.95. The van der Waals surface area contributed by atoms with E-state index in [4.69, 9.17) is 24.7 Å². The maximum atomic E-state index is 13.3. The summed E-state index contributed by atoms with van der Waals surface area (Å²) < 4.78 is 51.5. The number of sulfonamides is 1. The molecular formula is C26H28N2O7S. The normalized spacial score (nSPS) is 14.7. The van der Waals surface area contributed by atoms with Crippen LogP contribution in [0.3, 0.4) is 0 Å². The number of hydrogen-bond acceptors (Lipinski definition) is 8. The molecule has 190 valence electrons. The van der Waals surface area contributed by atoms with Crippen molar-refractivity contribution in [2.45, 2.75) is 23.8 Å². The molecule has 10 heteroatoms. The van der Waals surface area contributed by atoms with Gasteiger partial charge in [-0.15, -0.1) is 0 Å². The Bertz CT molecular complexity index is 1450. The summed E-state index contributed by atoms with van der Waals surface area (Å²) in [6.45, 7) is 0. The molecule has 0 aromatic heterocycles. The van der Waals surface area contributed by atoms with Crippen LogP contribution in [0.25, 0.3) is 11.1 Å². The average molecular weight is 513 g/mol. The number of nitrogens with one attached hydrogen (secondary N) is 1. The van der Waals surface area contributed by atoms with E-state index in [0.29, 0.717) is 52.5 Å². The third kappa shape index (κ3) is 4.57. The second-order valence-electron chi connectivity index (χ2n) is 8.24. The van der Waals surface area contributed by atoms with E-state index in [0.717, 1.165) is 5.56 Å². The minimum atomic E-state index is -3.93. The van der Waals surface area contributed by atoms with Crippen LogP contribution in [-0.2, 0) is 16.4 Å². The van der Waals surface area contributed by atoms with Crippen LogP contribution >= 0.6 is 0 Å². The van der Waals surface area contributed by atoms with Crippen molar-refractivity contribution in [2.24, 2.45) is 0 Å². The number of nitrogen functional groups attached to an aromatic ring is 1. The van der Waals surface area contributed by atoms with Gasteiger partial charge in [0, 0.05) is 17.3 Å². The highest BCUT2D eigenvalue weighted by atomic mass is 32.2. The first-order chi connectivity index (χ1) is 17.2. The molecule has 3 aromatic carbocycles. The molecule has 36 heavy (non-hydrogen) atoms. The average Bonchev–Trinajstić information content (AvgIpc) is 3.11. The lowest BCUT2D eigenvalue weighted by molar-refractivity contribution is 0.324. The number of anilines is 1. The Morgan fingerprint density at radius 3 is 2.14 bits per heavy atom. The van der Waals surface area contributed by atoms with Crippen molar-refractivity contribution in [1.29, 1.82) is 0 Å². The van der Waals surface area contributed by atoms with Crippen molar-refractivity contribution in [3.8, 4) is 34.1 Å². The first-order valence-electron chi connectivity index (χ1n) is 11.2. The van der Waals surface area contributed by atoms with Crippen LogP contribution in [0.5, 0.6) is 23.0 Å². The highest BCUT2D eigenvalue weighted by molar-refractivity contribution is 7.89. The molecule has 0 aliphatic heterocycles. The van der Waals surface area contributed by atoms with Crippen LogP contribution < -0.4 is 34.8 Å². The highest BCUT2D eigenvalue weighted by Gasteiger charge is 2.31. The van der Waals surface area contributed by atoms with E-state index < -0.39 is 16.1 Å². The fourth-order valence-electron chi connectivity index (χ4n) is 4.49. The molecule has 0 heterocycles. The number of methoxy groups -OCH3 is 4. The summed E-state index contributed by atoms with van der Waals surface area (Å²) >= 11 is 0. The number of rotatable bonds is 7. The summed E-state index contributed by atoms with van der Waals surface area (Å²) in [6, 6.07) is 11.8. The van der Waals surface area contributed by atoms with E-state index in [1.165, 1.54) is 58.8 Å². The molecule has 0 saturated heterocycles. The van der Waals surface area contributed by atoms with Gasteiger partial charge in [0.25, 0.3) is 0 Å². The van der Waals surface area contributed by atoms with E-state index in [1.807, 2.05) is 6.07 Å². The first-order valence-corrected chi connectivity index (χ1v) is 12.6. The van der Waals surface area contributed by atoms with Gasteiger partial charge >= 0.3 is 0 Å². The zero-order valence-electron chi connectivity index (χ0n) is 20.5. The van der Waals surface area contributed by atoms with Gasteiger partial charge in [0.1, 0.15) is 0 Å². The topological polar surface area (TPSA) is 126 Å². The first kappa shape index (κ1) is 25.3. The Morgan fingerprint density at radius 2 is 1.53 bits per heavy atom. The van der Waals surface area contributed by atoms with Gasteiger partial charge in [-0.2, -0.15) is 0 Å². The third-order valence-electron chi connectivity index (χ3n) is 6.21. The SMILES string of the molecule is COc1cc2c(c(OC)c1OC)-c1ccc(OC)c(=O)cc1[C@@H](NS(=O)(=O)c1ccc(N)cc1)CC2. The molecule has 9 nitrogen and oxygen atoms in total. The number of fused-ring (bicyclic) bond motifs is 3. The molecule has 0 spiro atoms. The van der Waals surface area contributed by atoms with Gasteiger partial charge in [-0.25, -0.2) is 13.1 Å². The minimum absolute atomic E-state index is 0.0705. The van der Waals surface area contributed by atoms with Crippen molar-refractivity contribution in [2.75, 3.05) is 34.2 Å². The molecule has 1 aliphatic carbocycles. The molecule has 3 aromatic rings. The lowest BCUT2D eigenvalue weighted by Gasteiger charge is -2.20. The summed E-state index contributed by atoms with van der Waals surface area (Å²) in [7, 11) is 2.04. The van der Waals surface area contributed by atoms with Gasteiger partial charge in [-0.1, -0.05) is 6.07 Å². The van der Waals surface area contributed by atoms with Gasteiger partial charge in [0.2, 0.25) is 21.2 Å². The fourth-order valence-corrected chi connectivity index (χ4v) is 5.74. The quantitative estimate of drug-likeness (QED) is 0.462.